The van der Waals surface area contributed by atoms with E-state index in [-0.39, 0.29) is 22.9 Å². The molecule has 0 spiro atoms. The lowest BCUT2D eigenvalue weighted by Crippen LogP contribution is -2.14. The molecule has 2 aromatic carbocycles. The van der Waals surface area contributed by atoms with E-state index in [1.54, 1.807) is 18.2 Å². The Morgan fingerprint density at radius 3 is 2.73 bits per heavy atom. The Morgan fingerprint density at radius 1 is 1.18 bits per heavy atom. The first-order valence-electron chi connectivity index (χ1n) is 6.44. The number of nitrogens with zero attached hydrogens (tertiary/aromatic N) is 1. The van der Waals surface area contributed by atoms with Gasteiger partial charge in [-0.3, -0.25) is 9.52 Å². The second-order valence-electron chi connectivity index (χ2n) is 4.76. The van der Waals surface area contributed by atoms with Crippen molar-refractivity contribution < 1.29 is 13.2 Å². The van der Waals surface area contributed by atoms with Crippen LogP contribution in [0.3, 0.4) is 0 Å². The quantitative estimate of drug-likeness (QED) is 0.899. The van der Waals surface area contributed by atoms with E-state index in [0.29, 0.717) is 16.8 Å². The number of anilines is 1. The van der Waals surface area contributed by atoms with Crippen LogP contribution in [0.1, 0.15) is 21.5 Å². The molecule has 0 aliphatic carbocycles. The molecule has 1 amide bonds. The third kappa shape index (κ3) is 2.40. The molecule has 1 heterocycles. The summed E-state index contributed by atoms with van der Waals surface area (Å²) in [5.41, 5.74) is 1.70. The molecule has 1 aliphatic rings. The molecule has 6 nitrogen and oxygen atoms in total. The molecule has 0 bridgehead atoms. The highest BCUT2D eigenvalue weighted by Crippen LogP contribution is 2.26. The summed E-state index contributed by atoms with van der Waals surface area (Å²) in [4.78, 5) is 11.6. The molecule has 110 valence electrons. The minimum atomic E-state index is -3.83. The molecule has 0 fully saturated rings. The SMILES string of the molecule is N#Cc1cccc(S(=O)(=O)Nc2cccc3c2CNC3=O)c1. The molecule has 3 rings (SSSR count). The molecule has 1 aliphatic heterocycles. The summed E-state index contributed by atoms with van der Waals surface area (Å²) in [6, 6.07) is 12.5. The fraction of sp³-hybridized carbons (Fsp3) is 0.0667. The maximum atomic E-state index is 12.4. The average Bonchev–Trinajstić information content (AvgIpc) is 2.90. The van der Waals surface area contributed by atoms with Gasteiger partial charge in [0.2, 0.25) is 0 Å². The van der Waals surface area contributed by atoms with Crippen LogP contribution in [0.15, 0.2) is 47.4 Å². The Bertz CT molecular complexity index is 914. The number of nitrogens with one attached hydrogen (secondary N) is 2. The summed E-state index contributed by atoms with van der Waals surface area (Å²) in [6.45, 7) is 0.283. The van der Waals surface area contributed by atoms with E-state index in [9.17, 15) is 13.2 Å². The average molecular weight is 313 g/mol. The van der Waals surface area contributed by atoms with Gasteiger partial charge in [0.05, 0.1) is 22.2 Å². The van der Waals surface area contributed by atoms with Crippen LogP contribution in [-0.2, 0) is 16.6 Å². The monoisotopic (exact) mass is 313 g/mol. The molecule has 0 radical (unpaired) electrons. The van der Waals surface area contributed by atoms with Crippen LogP contribution in [0.4, 0.5) is 5.69 Å². The molecule has 7 heteroatoms. The zero-order valence-corrected chi connectivity index (χ0v) is 12.1. The van der Waals surface area contributed by atoms with Crippen LogP contribution >= 0.6 is 0 Å². The van der Waals surface area contributed by atoms with Gasteiger partial charge < -0.3 is 5.32 Å². The lowest BCUT2D eigenvalue weighted by molar-refractivity contribution is 0.0965. The first kappa shape index (κ1) is 14.1. The molecule has 0 atom stereocenters. The number of carbonyl (C=O) groups excluding carboxylic acids is 1. The molecular formula is C15H11N3O3S. The van der Waals surface area contributed by atoms with Gasteiger partial charge in [-0.1, -0.05) is 12.1 Å². The van der Waals surface area contributed by atoms with Crippen LogP contribution in [-0.4, -0.2) is 14.3 Å². The van der Waals surface area contributed by atoms with Gasteiger partial charge in [0.15, 0.2) is 0 Å². The molecule has 0 saturated carbocycles. The van der Waals surface area contributed by atoms with Gasteiger partial charge in [-0.2, -0.15) is 5.26 Å². The Balaban J connectivity index is 2.00. The van der Waals surface area contributed by atoms with Gasteiger partial charge in [0, 0.05) is 17.7 Å². The number of rotatable bonds is 3. The topological polar surface area (TPSA) is 99.1 Å². The van der Waals surface area contributed by atoms with Crippen LogP contribution in [0.5, 0.6) is 0 Å². The lowest BCUT2D eigenvalue weighted by Gasteiger charge is -2.11. The summed E-state index contributed by atoms with van der Waals surface area (Å²) >= 11 is 0. The van der Waals surface area contributed by atoms with Gasteiger partial charge in [0.25, 0.3) is 15.9 Å². The number of fused-ring (bicyclic) bond motifs is 1. The molecule has 0 saturated heterocycles. The number of hydrogen-bond donors (Lipinski definition) is 2. The molecule has 2 N–H and O–H groups in total. The first-order valence-corrected chi connectivity index (χ1v) is 7.92. The molecule has 22 heavy (non-hydrogen) atoms. The number of carbonyl (C=O) groups is 1. The van der Waals surface area contributed by atoms with Crippen molar-refractivity contribution in [3.8, 4) is 6.07 Å². The summed E-state index contributed by atoms with van der Waals surface area (Å²) in [5.74, 6) is -0.220. The maximum absolute atomic E-state index is 12.4. The zero-order chi connectivity index (χ0) is 15.7. The predicted octanol–water partition coefficient (Wildman–Crippen LogP) is 1.60. The highest BCUT2D eigenvalue weighted by atomic mass is 32.2. The van der Waals surface area contributed by atoms with E-state index < -0.39 is 10.0 Å². The van der Waals surface area contributed by atoms with E-state index in [2.05, 4.69) is 10.0 Å². The Hall–Kier alpha value is -2.85. The van der Waals surface area contributed by atoms with E-state index in [4.69, 9.17) is 5.26 Å². The normalized spacial score (nSPS) is 13.1. The van der Waals surface area contributed by atoms with Crippen molar-refractivity contribution in [1.29, 1.82) is 5.26 Å². The van der Waals surface area contributed by atoms with Gasteiger partial charge in [0.1, 0.15) is 0 Å². The number of sulfonamides is 1. The Kier molecular flexibility index (Phi) is 3.31. The summed E-state index contributed by atoms with van der Waals surface area (Å²) in [7, 11) is -3.83. The van der Waals surface area contributed by atoms with Crippen LogP contribution in [0.2, 0.25) is 0 Å². The van der Waals surface area contributed by atoms with Crippen molar-refractivity contribution >= 4 is 21.6 Å². The van der Waals surface area contributed by atoms with E-state index in [1.165, 1.54) is 24.3 Å². The Morgan fingerprint density at radius 2 is 1.95 bits per heavy atom. The number of amides is 1. The smallest absolute Gasteiger partial charge is 0.261 e. The minimum absolute atomic E-state index is 0.00133. The van der Waals surface area contributed by atoms with E-state index >= 15 is 0 Å². The van der Waals surface area contributed by atoms with Crippen molar-refractivity contribution in [2.75, 3.05) is 4.72 Å². The maximum Gasteiger partial charge on any atom is 0.261 e. The van der Waals surface area contributed by atoms with Crippen molar-refractivity contribution in [1.82, 2.24) is 5.32 Å². The third-order valence-corrected chi connectivity index (χ3v) is 4.73. The minimum Gasteiger partial charge on any atom is -0.348 e. The largest absolute Gasteiger partial charge is 0.348 e. The van der Waals surface area contributed by atoms with Gasteiger partial charge in [-0.15, -0.1) is 0 Å². The van der Waals surface area contributed by atoms with Crippen molar-refractivity contribution in [2.24, 2.45) is 0 Å². The number of hydrogen-bond acceptors (Lipinski definition) is 4. The predicted molar refractivity (Wildman–Crippen MR) is 79.6 cm³/mol. The van der Waals surface area contributed by atoms with Gasteiger partial charge >= 0.3 is 0 Å². The summed E-state index contributed by atoms with van der Waals surface area (Å²) in [6.07, 6.45) is 0. The second-order valence-corrected chi connectivity index (χ2v) is 6.44. The highest BCUT2D eigenvalue weighted by molar-refractivity contribution is 7.92. The highest BCUT2D eigenvalue weighted by Gasteiger charge is 2.24. The second kappa shape index (κ2) is 5.16. The van der Waals surface area contributed by atoms with Crippen LogP contribution in [0.25, 0.3) is 0 Å². The summed E-state index contributed by atoms with van der Waals surface area (Å²) < 4.78 is 27.3. The van der Waals surface area contributed by atoms with Crippen molar-refractivity contribution in [2.45, 2.75) is 11.4 Å². The number of benzene rings is 2. The zero-order valence-electron chi connectivity index (χ0n) is 11.3. The fourth-order valence-electron chi connectivity index (χ4n) is 2.29. The number of nitriles is 1. The van der Waals surface area contributed by atoms with Gasteiger partial charge in [-0.05, 0) is 30.3 Å². The standard InChI is InChI=1S/C15H11N3O3S/c16-8-10-3-1-4-11(7-10)22(20,21)18-14-6-2-5-12-13(14)9-17-15(12)19/h1-7,18H,9H2,(H,17,19). The Labute approximate surface area is 127 Å². The first-order chi connectivity index (χ1) is 10.5. The van der Waals surface area contributed by atoms with Crippen LogP contribution < -0.4 is 10.0 Å². The molecule has 0 aromatic heterocycles. The van der Waals surface area contributed by atoms with E-state index in [1.807, 2.05) is 6.07 Å². The van der Waals surface area contributed by atoms with Crippen LogP contribution in [0, 0.1) is 11.3 Å². The van der Waals surface area contributed by atoms with Crippen molar-refractivity contribution in [3.63, 3.8) is 0 Å². The fourth-order valence-corrected chi connectivity index (χ4v) is 3.42. The third-order valence-electron chi connectivity index (χ3n) is 3.36. The van der Waals surface area contributed by atoms with E-state index in [0.717, 1.165) is 0 Å². The summed E-state index contributed by atoms with van der Waals surface area (Å²) in [5, 5.41) is 11.5. The van der Waals surface area contributed by atoms with Crippen molar-refractivity contribution in [3.05, 3.63) is 59.2 Å². The molecule has 0 unspecified atom stereocenters. The molecule has 2 aromatic rings. The molecular weight excluding hydrogens is 302 g/mol. The lowest BCUT2D eigenvalue weighted by atomic mass is 10.1. The van der Waals surface area contributed by atoms with Gasteiger partial charge in [-0.25, -0.2) is 8.42 Å².